The molecule has 0 aliphatic carbocycles. The summed E-state index contributed by atoms with van der Waals surface area (Å²) < 4.78 is 41.9. The molecule has 5 rings (SSSR count). The molecule has 4 aromatic heterocycles. The fourth-order valence-electron chi connectivity index (χ4n) is 4.43. The Kier molecular flexibility index (Phi) is 5.13. The van der Waals surface area contributed by atoms with Gasteiger partial charge >= 0.3 is 6.18 Å². The van der Waals surface area contributed by atoms with Crippen molar-refractivity contribution in [1.82, 2.24) is 34.2 Å². The molecule has 174 valence electrons. The lowest BCUT2D eigenvalue weighted by molar-refractivity contribution is -0.167. The third-order valence-corrected chi connectivity index (χ3v) is 6.13. The maximum atomic E-state index is 12.8. The fraction of sp³-hybridized carbons (Fsp3) is 0.348. The summed E-state index contributed by atoms with van der Waals surface area (Å²) in [5.74, 6) is 0.843. The summed E-state index contributed by atoms with van der Waals surface area (Å²) in [4.78, 5) is 15.1. The number of fused-ring (bicyclic) bond motifs is 1. The van der Waals surface area contributed by atoms with Crippen LogP contribution in [0.3, 0.4) is 0 Å². The number of hydrogen-bond acceptors (Lipinski definition) is 6. The zero-order valence-corrected chi connectivity index (χ0v) is 18.6. The Bertz CT molecular complexity index is 1390. The maximum Gasteiger partial charge on any atom is 0.401 e. The van der Waals surface area contributed by atoms with Crippen molar-refractivity contribution >= 4 is 10.9 Å². The lowest BCUT2D eigenvalue weighted by atomic mass is 9.87. The molecule has 0 amide bonds. The largest absolute Gasteiger partial charge is 0.401 e. The molecule has 1 saturated heterocycles. The summed E-state index contributed by atoms with van der Waals surface area (Å²) in [6, 6.07) is 9.46. The summed E-state index contributed by atoms with van der Waals surface area (Å²) in [5.41, 5.74) is 2.43. The minimum Gasteiger partial charge on any atom is -0.338 e. The smallest absolute Gasteiger partial charge is 0.338 e. The third-order valence-electron chi connectivity index (χ3n) is 6.13. The molecule has 0 bridgehead atoms. The standard InChI is InChI=1S/C23H21F3N8/c1-15-29-20(11-32(15)2)19-10-18-16(4-3-8-28-18)21(30-19)17-5-9-34(31-17)22(6-7-27)12-33(13-22)14-23(24,25)26/h3-5,8-11H,6,12-14H2,1-2H3. The van der Waals surface area contributed by atoms with Crippen LogP contribution in [0.2, 0.25) is 0 Å². The van der Waals surface area contributed by atoms with Crippen LogP contribution in [0.15, 0.2) is 42.9 Å². The third kappa shape index (κ3) is 3.90. The highest BCUT2D eigenvalue weighted by atomic mass is 19.4. The first-order chi connectivity index (χ1) is 16.2. The van der Waals surface area contributed by atoms with Crippen molar-refractivity contribution in [3.63, 3.8) is 0 Å². The van der Waals surface area contributed by atoms with E-state index in [9.17, 15) is 18.4 Å². The molecule has 1 aliphatic heterocycles. The SMILES string of the molecule is Cc1nc(-c2cc3ncccc3c(-c3ccn(C4(CC#N)CN(CC(F)(F)F)C4)n3)n2)cn1C. The molecule has 1 fully saturated rings. The Morgan fingerprint density at radius 1 is 1.15 bits per heavy atom. The Balaban J connectivity index is 1.54. The van der Waals surface area contributed by atoms with Gasteiger partial charge in [0.2, 0.25) is 0 Å². The molecule has 0 aromatic carbocycles. The number of likely N-dealkylation sites (tertiary alicyclic amines) is 1. The van der Waals surface area contributed by atoms with Gasteiger partial charge in [-0.3, -0.25) is 14.6 Å². The molecule has 1 aliphatic rings. The topological polar surface area (TPSA) is 88.4 Å². The van der Waals surface area contributed by atoms with Gasteiger partial charge in [-0.1, -0.05) is 0 Å². The van der Waals surface area contributed by atoms with Crippen LogP contribution in [0.4, 0.5) is 13.2 Å². The van der Waals surface area contributed by atoms with E-state index in [1.54, 1.807) is 23.1 Å². The maximum absolute atomic E-state index is 12.8. The highest BCUT2D eigenvalue weighted by Crippen LogP contribution is 2.36. The van der Waals surface area contributed by atoms with Crippen molar-refractivity contribution in [2.75, 3.05) is 19.6 Å². The molecule has 5 heterocycles. The first kappa shape index (κ1) is 22.0. The lowest BCUT2D eigenvalue weighted by Gasteiger charge is -2.49. The van der Waals surface area contributed by atoms with Gasteiger partial charge in [-0.25, -0.2) is 9.97 Å². The number of aromatic nitrogens is 6. The molecular weight excluding hydrogens is 445 g/mol. The molecule has 4 aromatic rings. The predicted molar refractivity (Wildman–Crippen MR) is 118 cm³/mol. The number of pyridine rings is 2. The van der Waals surface area contributed by atoms with Crippen LogP contribution in [0, 0.1) is 18.3 Å². The molecule has 0 atom stereocenters. The summed E-state index contributed by atoms with van der Waals surface area (Å²) in [7, 11) is 1.91. The van der Waals surface area contributed by atoms with E-state index in [4.69, 9.17) is 4.98 Å². The molecule has 0 radical (unpaired) electrons. The van der Waals surface area contributed by atoms with Gasteiger partial charge in [-0.05, 0) is 31.2 Å². The highest BCUT2D eigenvalue weighted by Gasteiger charge is 2.48. The number of nitrogens with zero attached hydrogens (tertiary/aromatic N) is 8. The van der Waals surface area contributed by atoms with Crippen molar-refractivity contribution < 1.29 is 13.2 Å². The van der Waals surface area contributed by atoms with Crippen molar-refractivity contribution in [2.24, 2.45) is 7.05 Å². The average Bonchev–Trinajstić information content (AvgIpc) is 3.38. The summed E-state index contributed by atoms with van der Waals surface area (Å²) in [5, 5.41) is 14.8. The molecule has 0 spiro atoms. The van der Waals surface area contributed by atoms with Gasteiger partial charge in [-0.2, -0.15) is 23.5 Å². The Hall–Kier alpha value is -3.78. The lowest BCUT2D eigenvalue weighted by Crippen LogP contribution is -2.64. The van der Waals surface area contributed by atoms with E-state index in [2.05, 4.69) is 21.1 Å². The van der Waals surface area contributed by atoms with Gasteiger partial charge in [0.25, 0.3) is 0 Å². The summed E-state index contributed by atoms with van der Waals surface area (Å²) >= 11 is 0. The van der Waals surface area contributed by atoms with Crippen LogP contribution in [0.1, 0.15) is 12.2 Å². The predicted octanol–water partition coefficient (Wildman–Crippen LogP) is 3.69. The second kappa shape index (κ2) is 7.92. The van der Waals surface area contributed by atoms with Crippen LogP contribution < -0.4 is 0 Å². The van der Waals surface area contributed by atoms with Crippen molar-refractivity contribution in [2.45, 2.75) is 25.1 Å². The number of hydrogen-bond donors (Lipinski definition) is 0. The molecule has 0 unspecified atom stereocenters. The first-order valence-electron chi connectivity index (χ1n) is 10.7. The Morgan fingerprint density at radius 2 is 1.94 bits per heavy atom. The Labute approximate surface area is 193 Å². The number of halogens is 3. The van der Waals surface area contributed by atoms with E-state index in [-0.39, 0.29) is 19.5 Å². The molecule has 0 saturated carbocycles. The van der Waals surface area contributed by atoms with Gasteiger partial charge in [0.05, 0.1) is 30.2 Å². The van der Waals surface area contributed by atoms with Crippen molar-refractivity contribution in [3.8, 4) is 28.8 Å². The van der Waals surface area contributed by atoms with E-state index in [0.29, 0.717) is 22.8 Å². The molecule has 11 heteroatoms. The second-order valence-electron chi connectivity index (χ2n) is 8.68. The van der Waals surface area contributed by atoms with E-state index in [1.807, 2.05) is 42.9 Å². The van der Waals surface area contributed by atoms with Crippen LogP contribution >= 0.6 is 0 Å². The number of alkyl halides is 3. The van der Waals surface area contributed by atoms with Crippen LogP contribution in [-0.4, -0.2) is 60.0 Å². The fourth-order valence-corrected chi connectivity index (χ4v) is 4.43. The molecular formula is C23H21F3N8. The Morgan fingerprint density at radius 3 is 2.62 bits per heavy atom. The normalized spacial score (nSPS) is 15.9. The van der Waals surface area contributed by atoms with Crippen molar-refractivity contribution in [3.05, 3.63) is 48.7 Å². The van der Waals surface area contributed by atoms with Gasteiger partial charge in [0, 0.05) is 44.1 Å². The summed E-state index contributed by atoms with van der Waals surface area (Å²) in [6.07, 6.45) is 1.07. The minimum absolute atomic E-state index is 0.0610. The quantitative estimate of drug-likeness (QED) is 0.446. The minimum atomic E-state index is -4.28. The van der Waals surface area contributed by atoms with E-state index in [0.717, 1.165) is 16.7 Å². The van der Waals surface area contributed by atoms with Crippen LogP contribution in [-0.2, 0) is 12.6 Å². The zero-order chi connectivity index (χ0) is 24.1. The average molecular weight is 466 g/mol. The van der Waals surface area contributed by atoms with E-state index >= 15 is 0 Å². The molecule has 0 N–H and O–H groups in total. The van der Waals surface area contributed by atoms with Gasteiger partial charge in [0.15, 0.2) is 0 Å². The van der Waals surface area contributed by atoms with E-state index < -0.39 is 18.3 Å². The highest BCUT2D eigenvalue weighted by molar-refractivity contribution is 5.93. The van der Waals surface area contributed by atoms with Crippen molar-refractivity contribution in [1.29, 1.82) is 5.26 Å². The van der Waals surface area contributed by atoms with Crippen LogP contribution in [0.25, 0.3) is 33.7 Å². The number of rotatable bonds is 5. The molecule has 8 nitrogen and oxygen atoms in total. The first-order valence-corrected chi connectivity index (χ1v) is 10.7. The second-order valence-corrected chi connectivity index (χ2v) is 8.68. The van der Waals surface area contributed by atoms with Gasteiger partial charge < -0.3 is 4.57 Å². The number of imidazole rings is 1. The monoisotopic (exact) mass is 466 g/mol. The number of aryl methyl sites for hydroxylation is 2. The van der Waals surface area contributed by atoms with Crippen LogP contribution in [0.5, 0.6) is 0 Å². The van der Waals surface area contributed by atoms with Gasteiger partial charge in [0.1, 0.15) is 28.4 Å². The van der Waals surface area contributed by atoms with Gasteiger partial charge in [-0.15, -0.1) is 0 Å². The summed E-state index contributed by atoms with van der Waals surface area (Å²) in [6.45, 7) is 1.10. The van der Waals surface area contributed by atoms with E-state index in [1.165, 1.54) is 4.90 Å². The molecule has 34 heavy (non-hydrogen) atoms. The zero-order valence-electron chi connectivity index (χ0n) is 18.6. The number of nitriles is 1.